The van der Waals surface area contributed by atoms with Gasteiger partial charge in [0.25, 0.3) is 0 Å². The standard InChI is InChI=1S/C12H17NOS.ClH/c1-2-10-3-4-11(15-10)12(14)9-5-7-13-8-6-9;/h3-4,9,13H,2,5-8H2,1H3;1H. The SMILES string of the molecule is CCc1ccc(C(=O)C2CCNCC2)s1.Cl. The number of nitrogens with one attached hydrogen (secondary N) is 1. The van der Waals surface area contributed by atoms with Gasteiger partial charge < -0.3 is 5.32 Å². The van der Waals surface area contributed by atoms with Gasteiger partial charge in [0.15, 0.2) is 5.78 Å². The summed E-state index contributed by atoms with van der Waals surface area (Å²) >= 11 is 1.66. The average Bonchev–Trinajstić information content (AvgIpc) is 2.78. The summed E-state index contributed by atoms with van der Waals surface area (Å²) < 4.78 is 0. The van der Waals surface area contributed by atoms with E-state index in [1.807, 2.05) is 6.07 Å². The van der Waals surface area contributed by atoms with E-state index in [9.17, 15) is 4.79 Å². The van der Waals surface area contributed by atoms with Gasteiger partial charge in [0, 0.05) is 10.8 Å². The number of Topliss-reactive ketones (excluding diaryl/α,β-unsaturated/α-hetero) is 1. The molecule has 1 aliphatic rings. The predicted octanol–water partition coefficient (Wildman–Crippen LogP) is 2.91. The fraction of sp³-hybridized carbons (Fsp3) is 0.583. The van der Waals surface area contributed by atoms with Crippen LogP contribution >= 0.6 is 23.7 Å². The lowest BCUT2D eigenvalue weighted by Crippen LogP contribution is -2.31. The molecular weight excluding hydrogens is 242 g/mol. The van der Waals surface area contributed by atoms with E-state index in [4.69, 9.17) is 0 Å². The minimum absolute atomic E-state index is 0. The van der Waals surface area contributed by atoms with Gasteiger partial charge >= 0.3 is 0 Å². The second kappa shape index (κ2) is 6.38. The zero-order chi connectivity index (χ0) is 10.7. The summed E-state index contributed by atoms with van der Waals surface area (Å²) in [5.74, 6) is 0.621. The summed E-state index contributed by atoms with van der Waals surface area (Å²) in [6.07, 6.45) is 3.03. The first-order valence-corrected chi connectivity index (χ1v) is 6.46. The maximum absolute atomic E-state index is 12.1. The van der Waals surface area contributed by atoms with Crippen LogP contribution in [0.15, 0.2) is 12.1 Å². The Balaban J connectivity index is 0.00000128. The van der Waals surface area contributed by atoms with E-state index in [0.717, 1.165) is 37.2 Å². The molecule has 16 heavy (non-hydrogen) atoms. The highest BCUT2D eigenvalue weighted by Gasteiger charge is 2.23. The highest BCUT2D eigenvalue weighted by molar-refractivity contribution is 7.14. The van der Waals surface area contributed by atoms with Gasteiger partial charge in [0.1, 0.15) is 0 Å². The Labute approximate surface area is 107 Å². The first kappa shape index (κ1) is 13.7. The van der Waals surface area contributed by atoms with Crippen molar-refractivity contribution in [1.82, 2.24) is 5.32 Å². The summed E-state index contributed by atoms with van der Waals surface area (Å²) in [4.78, 5) is 14.4. The van der Waals surface area contributed by atoms with Crippen molar-refractivity contribution < 1.29 is 4.79 Å². The summed E-state index contributed by atoms with van der Waals surface area (Å²) in [7, 11) is 0. The minimum Gasteiger partial charge on any atom is -0.317 e. The van der Waals surface area contributed by atoms with Crippen LogP contribution in [0.1, 0.15) is 34.3 Å². The molecule has 0 aliphatic carbocycles. The maximum atomic E-state index is 12.1. The second-order valence-corrected chi connectivity index (χ2v) is 5.18. The molecule has 2 rings (SSSR count). The molecular formula is C12H18ClNOS. The molecule has 0 aromatic carbocycles. The summed E-state index contributed by atoms with van der Waals surface area (Å²) in [5.41, 5.74) is 0. The van der Waals surface area contributed by atoms with Gasteiger partial charge in [-0.3, -0.25) is 4.79 Å². The molecule has 0 spiro atoms. The number of thiophene rings is 1. The Kier molecular flexibility index (Phi) is 5.46. The van der Waals surface area contributed by atoms with E-state index < -0.39 is 0 Å². The number of carbonyl (C=O) groups excluding carboxylic acids is 1. The van der Waals surface area contributed by atoms with Crippen molar-refractivity contribution in [3.63, 3.8) is 0 Å². The Morgan fingerprint density at radius 1 is 1.44 bits per heavy atom. The molecule has 1 fully saturated rings. The molecule has 0 radical (unpaired) electrons. The van der Waals surface area contributed by atoms with E-state index in [1.54, 1.807) is 11.3 Å². The van der Waals surface area contributed by atoms with Crippen molar-refractivity contribution in [1.29, 1.82) is 0 Å². The number of hydrogen-bond acceptors (Lipinski definition) is 3. The topological polar surface area (TPSA) is 29.1 Å². The Hall–Kier alpha value is -0.380. The van der Waals surface area contributed by atoms with Crippen molar-refractivity contribution in [2.45, 2.75) is 26.2 Å². The molecule has 0 atom stereocenters. The van der Waals surface area contributed by atoms with Crippen LogP contribution in [-0.2, 0) is 6.42 Å². The van der Waals surface area contributed by atoms with Crippen molar-refractivity contribution in [3.05, 3.63) is 21.9 Å². The van der Waals surface area contributed by atoms with E-state index in [-0.39, 0.29) is 18.3 Å². The van der Waals surface area contributed by atoms with E-state index in [0.29, 0.717) is 5.78 Å². The zero-order valence-electron chi connectivity index (χ0n) is 9.49. The fourth-order valence-corrected chi connectivity index (χ4v) is 2.95. The molecule has 1 aromatic heterocycles. The van der Waals surface area contributed by atoms with Crippen LogP contribution in [-0.4, -0.2) is 18.9 Å². The lowest BCUT2D eigenvalue weighted by Gasteiger charge is -2.20. The first-order valence-electron chi connectivity index (χ1n) is 5.65. The molecule has 90 valence electrons. The Morgan fingerprint density at radius 3 is 2.69 bits per heavy atom. The van der Waals surface area contributed by atoms with Crippen LogP contribution in [0.25, 0.3) is 0 Å². The lowest BCUT2D eigenvalue weighted by atomic mass is 9.93. The van der Waals surface area contributed by atoms with Crippen LogP contribution in [0.5, 0.6) is 0 Å². The van der Waals surface area contributed by atoms with Gasteiger partial charge in [0.2, 0.25) is 0 Å². The van der Waals surface area contributed by atoms with Gasteiger partial charge in [-0.1, -0.05) is 6.92 Å². The lowest BCUT2D eigenvalue weighted by molar-refractivity contribution is 0.0899. The maximum Gasteiger partial charge on any atom is 0.175 e. The van der Waals surface area contributed by atoms with Gasteiger partial charge in [-0.05, 0) is 44.5 Å². The third-order valence-corrected chi connectivity index (χ3v) is 4.21. The van der Waals surface area contributed by atoms with Crippen molar-refractivity contribution in [3.8, 4) is 0 Å². The van der Waals surface area contributed by atoms with Crippen LogP contribution in [0.2, 0.25) is 0 Å². The molecule has 1 saturated heterocycles. The van der Waals surface area contributed by atoms with Crippen LogP contribution in [0.3, 0.4) is 0 Å². The quantitative estimate of drug-likeness (QED) is 0.846. The zero-order valence-corrected chi connectivity index (χ0v) is 11.1. The number of ketones is 1. The van der Waals surface area contributed by atoms with Crippen molar-refractivity contribution in [2.24, 2.45) is 5.92 Å². The molecule has 1 aromatic rings. The number of aryl methyl sites for hydroxylation is 1. The van der Waals surface area contributed by atoms with E-state index in [2.05, 4.69) is 18.3 Å². The Morgan fingerprint density at radius 2 is 2.12 bits per heavy atom. The Bertz CT molecular complexity index is 345. The molecule has 0 saturated carbocycles. The van der Waals surface area contributed by atoms with Crippen LogP contribution in [0.4, 0.5) is 0 Å². The molecule has 1 N–H and O–H groups in total. The third-order valence-electron chi connectivity index (χ3n) is 2.96. The van der Waals surface area contributed by atoms with Gasteiger partial charge in [-0.2, -0.15) is 0 Å². The van der Waals surface area contributed by atoms with Crippen LogP contribution < -0.4 is 5.32 Å². The highest BCUT2D eigenvalue weighted by Crippen LogP contribution is 2.24. The smallest absolute Gasteiger partial charge is 0.175 e. The molecule has 4 heteroatoms. The van der Waals surface area contributed by atoms with Gasteiger partial charge in [-0.25, -0.2) is 0 Å². The van der Waals surface area contributed by atoms with Gasteiger partial charge in [-0.15, -0.1) is 23.7 Å². The summed E-state index contributed by atoms with van der Waals surface area (Å²) in [6.45, 7) is 4.11. The fourth-order valence-electron chi connectivity index (χ4n) is 1.99. The number of piperidine rings is 1. The van der Waals surface area contributed by atoms with E-state index in [1.165, 1.54) is 4.88 Å². The summed E-state index contributed by atoms with van der Waals surface area (Å²) in [5, 5.41) is 3.29. The van der Waals surface area contributed by atoms with Crippen LogP contribution in [0, 0.1) is 5.92 Å². The molecule has 2 heterocycles. The molecule has 1 aliphatic heterocycles. The molecule has 0 bridgehead atoms. The number of hydrogen-bond donors (Lipinski definition) is 1. The summed E-state index contributed by atoms with van der Waals surface area (Å²) in [6, 6.07) is 4.08. The number of rotatable bonds is 3. The predicted molar refractivity (Wildman–Crippen MR) is 70.9 cm³/mol. The largest absolute Gasteiger partial charge is 0.317 e. The van der Waals surface area contributed by atoms with E-state index >= 15 is 0 Å². The van der Waals surface area contributed by atoms with Crippen molar-refractivity contribution >= 4 is 29.5 Å². The number of carbonyl (C=O) groups is 1. The monoisotopic (exact) mass is 259 g/mol. The third kappa shape index (κ3) is 3.06. The second-order valence-electron chi connectivity index (χ2n) is 4.01. The van der Waals surface area contributed by atoms with Gasteiger partial charge in [0.05, 0.1) is 4.88 Å². The number of halogens is 1. The average molecular weight is 260 g/mol. The highest BCUT2D eigenvalue weighted by atomic mass is 35.5. The molecule has 0 amide bonds. The molecule has 0 unspecified atom stereocenters. The van der Waals surface area contributed by atoms with Crippen molar-refractivity contribution in [2.75, 3.05) is 13.1 Å². The first-order chi connectivity index (χ1) is 7.31. The normalized spacial score (nSPS) is 16.8. The minimum atomic E-state index is 0. The molecule has 2 nitrogen and oxygen atoms in total.